The van der Waals surface area contributed by atoms with Crippen molar-refractivity contribution in [1.82, 2.24) is 9.78 Å². The van der Waals surface area contributed by atoms with Gasteiger partial charge in [0.25, 0.3) is 0 Å². The predicted molar refractivity (Wildman–Crippen MR) is 63.3 cm³/mol. The van der Waals surface area contributed by atoms with Crippen LogP contribution in [0.2, 0.25) is 0 Å². The number of hydrogen-bond donors (Lipinski definition) is 1. The van der Waals surface area contributed by atoms with Crippen LogP contribution in [0.25, 0.3) is 0 Å². The monoisotopic (exact) mass is 280 g/mol. The molecule has 1 aromatic rings. The van der Waals surface area contributed by atoms with Crippen LogP contribution in [-0.4, -0.2) is 34.6 Å². The Bertz CT molecular complexity index is 536. The lowest BCUT2D eigenvalue weighted by Crippen LogP contribution is -2.18. The number of nitro groups is 1. The fourth-order valence-corrected chi connectivity index (χ4v) is 3.29. The van der Waals surface area contributed by atoms with Gasteiger partial charge < -0.3 is 0 Å². The quantitative estimate of drug-likeness (QED) is 0.461. The number of hydrogen-bond acceptors (Lipinski definition) is 6. The first-order valence-electron chi connectivity index (χ1n) is 4.53. The van der Waals surface area contributed by atoms with E-state index in [1.54, 1.807) is 7.05 Å². The molecule has 0 amide bonds. The predicted octanol–water partition coefficient (Wildman–Crippen LogP) is 0.0173. The molecular formula is C7H12N4O4S2. The molecule has 2 N–H and O–H groups in total. The number of sulfonamides is 1. The average molecular weight is 280 g/mol. The van der Waals surface area contributed by atoms with Gasteiger partial charge >= 0.3 is 5.69 Å². The number of primary sulfonamides is 1. The Kier molecular flexibility index (Phi) is 4.11. The summed E-state index contributed by atoms with van der Waals surface area (Å²) in [6.45, 7) is 1.53. The van der Waals surface area contributed by atoms with Crippen LogP contribution in [0.15, 0.2) is 5.03 Å². The highest BCUT2D eigenvalue weighted by molar-refractivity contribution is 8.00. The van der Waals surface area contributed by atoms with Crippen molar-refractivity contribution in [2.45, 2.75) is 11.9 Å². The zero-order valence-electron chi connectivity index (χ0n) is 9.28. The number of aryl methyl sites for hydroxylation is 2. The minimum Gasteiger partial charge on any atom is -0.258 e. The molecule has 8 nitrogen and oxygen atoms in total. The van der Waals surface area contributed by atoms with E-state index in [9.17, 15) is 18.5 Å². The SMILES string of the molecule is Cc1nn(C)c(SCCS(N)(=O)=O)c1[N+](=O)[O-]. The minimum absolute atomic E-state index is 0.0908. The molecule has 0 aliphatic heterocycles. The zero-order chi connectivity index (χ0) is 13.2. The van der Waals surface area contributed by atoms with Gasteiger partial charge in [-0.2, -0.15) is 5.10 Å². The number of thioether (sulfide) groups is 1. The normalized spacial score (nSPS) is 11.7. The average Bonchev–Trinajstić information content (AvgIpc) is 2.39. The maximum Gasteiger partial charge on any atom is 0.323 e. The van der Waals surface area contributed by atoms with Crippen LogP contribution >= 0.6 is 11.8 Å². The summed E-state index contributed by atoms with van der Waals surface area (Å²) >= 11 is 1.05. The molecule has 0 fully saturated rings. The van der Waals surface area contributed by atoms with Gasteiger partial charge in [0, 0.05) is 12.8 Å². The molecule has 0 radical (unpaired) electrons. The van der Waals surface area contributed by atoms with Gasteiger partial charge in [0.15, 0.2) is 5.03 Å². The van der Waals surface area contributed by atoms with Gasteiger partial charge in [-0.15, -0.1) is 0 Å². The van der Waals surface area contributed by atoms with Crippen LogP contribution in [-0.2, 0) is 17.1 Å². The summed E-state index contributed by atoms with van der Waals surface area (Å²) < 4.78 is 22.8. The zero-order valence-corrected chi connectivity index (χ0v) is 10.9. The van der Waals surface area contributed by atoms with Gasteiger partial charge in [0.2, 0.25) is 10.0 Å². The minimum atomic E-state index is -3.55. The molecule has 1 heterocycles. The van der Waals surface area contributed by atoms with E-state index < -0.39 is 14.9 Å². The maximum atomic E-state index is 10.8. The number of nitrogens with zero attached hydrogens (tertiary/aromatic N) is 3. The summed E-state index contributed by atoms with van der Waals surface area (Å²) in [5, 5.41) is 19.9. The Labute approximate surface area is 102 Å². The molecule has 0 unspecified atom stereocenters. The van der Waals surface area contributed by atoms with Crippen LogP contribution in [0, 0.1) is 17.0 Å². The molecule has 0 spiro atoms. The molecular weight excluding hydrogens is 268 g/mol. The van der Waals surface area contributed by atoms with Gasteiger partial charge in [0.1, 0.15) is 5.69 Å². The van der Waals surface area contributed by atoms with E-state index in [1.807, 2.05) is 0 Å². The van der Waals surface area contributed by atoms with Crippen molar-refractivity contribution in [2.24, 2.45) is 12.2 Å². The molecule has 0 atom stereocenters. The highest BCUT2D eigenvalue weighted by Gasteiger charge is 2.24. The molecule has 17 heavy (non-hydrogen) atoms. The first kappa shape index (κ1) is 13.9. The van der Waals surface area contributed by atoms with Gasteiger partial charge in [-0.25, -0.2) is 13.6 Å². The largest absolute Gasteiger partial charge is 0.323 e. The lowest BCUT2D eigenvalue weighted by atomic mass is 10.4. The second-order valence-electron chi connectivity index (χ2n) is 3.34. The fraction of sp³-hybridized carbons (Fsp3) is 0.571. The van der Waals surface area contributed by atoms with Crippen molar-refractivity contribution in [3.05, 3.63) is 15.8 Å². The Hall–Kier alpha value is -1.13. The van der Waals surface area contributed by atoms with E-state index in [0.29, 0.717) is 10.7 Å². The third-order valence-electron chi connectivity index (χ3n) is 1.93. The van der Waals surface area contributed by atoms with E-state index in [1.165, 1.54) is 11.6 Å². The van der Waals surface area contributed by atoms with Crippen molar-refractivity contribution < 1.29 is 13.3 Å². The molecule has 0 aromatic carbocycles. The fourth-order valence-electron chi connectivity index (χ4n) is 1.25. The molecule has 0 aliphatic carbocycles. The molecule has 0 aliphatic rings. The third kappa shape index (κ3) is 3.68. The van der Waals surface area contributed by atoms with Crippen molar-refractivity contribution in [3.63, 3.8) is 0 Å². The second-order valence-corrected chi connectivity index (χ2v) is 6.15. The molecule has 0 saturated heterocycles. The van der Waals surface area contributed by atoms with Crippen LogP contribution < -0.4 is 5.14 Å². The Morgan fingerprint density at radius 1 is 1.59 bits per heavy atom. The van der Waals surface area contributed by atoms with Crippen molar-refractivity contribution in [3.8, 4) is 0 Å². The summed E-state index contributed by atoms with van der Waals surface area (Å²) in [6, 6.07) is 0. The van der Waals surface area contributed by atoms with Crippen molar-refractivity contribution >= 4 is 27.5 Å². The number of nitrogens with two attached hydrogens (primary N) is 1. The number of rotatable bonds is 5. The maximum absolute atomic E-state index is 10.8. The topological polar surface area (TPSA) is 121 Å². The van der Waals surface area contributed by atoms with E-state index in [4.69, 9.17) is 5.14 Å². The van der Waals surface area contributed by atoms with Gasteiger partial charge in [-0.3, -0.25) is 14.8 Å². The summed E-state index contributed by atoms with van der Waals surface area (Å²) in [6.07, 6.45) is 0. The second kappa shape index (κ2) is 5.02. The van der Waals surface area contributed by atoms with Crippen LogP contribution in [0.1, 0.15) is 5.69 Å². The highest BCUT2D eigenvalue weighted by Crippen LogP contribution is 2.31. The van der Waals surface area contributed by atoms with E-state index >= 15 is 0 Å². The van der Waals surface area contributed by atoms with E-state index in [2.05, 4.69) is 5.10 Å². The lowest BCUT2D eigenvalue weighted by molar-refractivity contribution is -0.388. The Morgan fingerprint density at radius 3 is 2.65 bits per heavy atom. The molecule has 0 saturated carbocycles. The molecule has 1 rings (SSSR count). The summed E-state index contributed by atoms with van der Waals surface area (Å²) in [4.78, 5) is 10.3. The van der Waals surface area contributed by atoms with Crippen LogP contribution in [0.4, 0.5) is 5.69 Å². The van der Waals surface area contributed by atoms with Gasteiger partial charge in [0.05, 0.1) is 10.7 Å². The standard InChI is InChI=1S/C7H12N4O4S2/c1-5-6(11(12)13)7(10(2)9-5)16-3-4-17(8,14)15/h3-4H2,1-2H3,(H2,8,14,15). The molecule has 1 aromatic heterocycles. The summed E-state index contributed by atoms with van der Waals surface area (Å²) in [5.41, 5.74) is 0.211. The Balaban J connectivity index is 2.87. The van der Waals surface area contributed by atoms with E-state index in [-0.39, 0.29) is 17.2 Å². The lowest BCUT2D eigenvalue weighted by Gasteiger charge is -2.00. The molecule has 0 bridgehead atoms. The van der Waals surface area contributed by atoms with Gasteiger partial charge in [-0.1, -0.05) is 11.8 Å². The van der Waals surface area contributed by atoms with E-state index in [0.717, 1.165) is 11.8 Å². The smallest absolute Gasteiger partial charge is 0.258 e. The first-order valence-corrected chi connectivity index (χ1v) is 7.23. The van der Waals surface area contributed by atoms with Crippen molar-refractivity contribution in [2.75, 3.05) is 11.5 Å². The molecule has 10 heteroatoms. The van der Waals surface area contributed by atoms with Gasteiger partial charge in [-0.05, 0) is 6.92 Å². The first-order chi connectivity index (χ1) is 7.72. The Morgan fingerprint density at radius 2 is 2.18 bits per heavy atom. The summed E-state index contributed by atoms with van der Waals surface area (Å²) in [5.74, 6) is -0.0856. The number of aromatic nitrogens is 2. The summed E-state index contributed by atoms with van der Waals surface area (Å²) in [7, 11) is -1.99. The van der Waals surface area contributed by atoms with Crippen LogP contribution in [0.5, 0.6) is 0 Å². The highest BCUT2D eigenvalue weighted by atomic mass is 32.2. The molecule has 96 valence electrons. The third-order valence-corrected chi connectivity index (χ3v) is 4.10. The van der Waals surface area contributed by atoms with Crippen molar-refractivity contribution in [1.29, 1.82) is 0 Å². The van der Waals surface area contributed by atoms with Crippen LogP contribution in [0.3, 0.4) is 0 Å².